The van der Waals surface area contributed by atoms with Crippen molar-refractivity contribution in [2.75, 3.05) is 7.05 Å². The lowest BCUT2D eigenvalue weighted by molar-refractivity contribution is 0.616. The second-order valence-corrected chi connectivity index (χ2v) is 4.41. The molecule has 0 heterocycles. The molecule has 4 nitrogen and oxygen atoms in total. The molecule has 0 aromatic rings. The van der Waals surface area contributed by atoms with Gasteiger partial charge in [-0.25, -0.2) is 8.42 Å². The van der Waals surface area contributed by atoms with Gasteiger partial charge in [-0.3, -0.25) is 4.99 Å². The zero-order valence-corrected chi connectivity index (χ0v) is 7.78. The minimum absolute atomic E-state index is 0.130. The summed E-state index contributed by atoms with van der Waals surface area (Å²) in [4.78, 5) is 3.35. The fourth-order valence-corrected chi connectivity index (χ4v) is 1.57. The van der Waals surface area contributed by atoms with Crippen molar-refractivity contribution in [3.63, 3.8) is 0 Å². The van der Waals surface area contributed by atoms with Gasteiger partial charge < -0.3 is 5.73 Å². The number of rotatable bonds is 2. The maximum Gasteiger partial charge on any atom is 0.264 e. The van der Waals surface area contributed by atoms with Crippen LogP contribution in [0.2, 0.25) is 0 Å². The van der Waals surface area contributed by atoms with E-state index in [0.717, 1.165) is 6.21 Å². The van der Waals surface area contributed by atoms with E-state index in [1.54, 1.807) is 0 Å². The SMILES string of the molecule is CN=CC(=C(C)N)S(=O)(=O)Cl. The van der Waals surface area contributed by atoms with Crippen LogP contribution in [0.3, 0.4) is 0 Å². The summed E-state index contributed by atoms with van der Waals surface area (Å²) in [7, 11) is 2.70. The number of aliphatic imine (C=N–C) groups is 1. The van der Waals surface area contributed by atoms with Crippen LogP contribution in [-0.2, 0) is 9.05 Å². The van der Waals surface area contributed by atoms with Gasteiger partial charge in [0.05, 0.1) is 0 Å². The first-order chi connectivity index (χ1) is 4.89. The largest absolute Gasteiger partial charge is 0.401 e. The van der Waals surface area contributed by atoms with Gasteiger partial charge in [0.1, 0.15) is 4.91 Å². The molecule has 0 amide bonds. The maximum absolute atomic E-state index is 10.7. The van der Waals surface area contributed by atoms with E-state index in [9.17, 15) is 8.42 Å². The Morgan fingerprint density at radius 3 is 2.18 bits per heavy atom. The van der Waals surface area contributed by atoms with Crippen molar-refractivity contribution in [1.82, 2.24) is 0 Å². The molecule has 0 atom stereocenters. The summed E-state index contributed by atoms with van der Waals surface area (Å²) in [5, 5.41) is 0. The van der Waals surface area contributed by atoms with E-state index in [-0.39, 0.29) is 10.6 Å². The molecule has 0 aliphatic carbocycles. The van der Waals surface area contributed by atoms with Gasteiger partial charge in [0.25, 0.3) is 9.05 Å². The van der Waals surface area contributed by atoms with Crippen LogP contribution in [0.25, 0.3) is 0 Å². The Morgan fingerprint density at radius 1 is 1.64 bits per heavy atom. The summed E-state index contributed by atoms with van der Waals surface area (Å²) in [6.07, 6.45) is 1.11. The number of hydrogen-bond acceptors (Lipinski definition) is 4. The van der Waals surface area contributed by atoms with Crippen LogP contribution in [0, 0.1) is 0 Å². The van der Waals surface area contributed by atoms with Crippen molar-refractivity contribution in [2.45, 2.75) is 6.92 Å². The standard InChI is InChI=1S/C5H9ClN2O2S/c1-4(7)5(3-8-2)11(6,9)10/h3H,7H2,1-2H3. The van der Waals surface area contributed by atoms with Gasteiger partial charge in [0.15, 0.2) is 0 Å². The lowest BCUT2D eigenvalue weighted by atomic mass is 10.5. The number of nitrogens with zero attached hydrogens (tertiary/aromatic N) is 1. The Kier molecular flexibility index (Phi) is 3.54. The molecule has 0 bridgehead atoms. The summed E-state index contributed by atoms with van der Waals surface area (Å²) >= 11 is 0. The van der Waals surface area contributed by atoms with Crippen molar-refractivity contribution in [2.24, 2.45) is 10.7 Å². The lowest BCUT2D eigenvalue weighted by Gasteiger charge is -1.97. The molecule has 0 aliphatic rings. The first kappa shape index (κ1) is 10.4. The van der Waals surface area contributed by atoms with Gasteiger partial charge >= 0.3 is 0 Å². The Hall–Kier alpha value is -0.550. The molecule has 0 saturated heterocycles. The van der Waals surface area contributed by atoms with Crippen LogP contribution < -0.4 is 5.73 Å². The molecule has 11 heavy (non-hydrogen) atoms. The first-order valence-corrected chi connectivity index (χ1v) is 5.03. The van der Waals surface area contributed by atoms with Crippen molar-refractivity contribution in [3.05, 3.63) is 10.6 Å². The molecule has 0 rings (SSSR count). The maximum atomic E-state index is 10.7. The zero-order valence-electron chi connectivity index (χ0n) is 6.20. The molecule has 0 radical (unpaired) electrons. The molecule has 6 heteroatoms. The number of nitrogens with two attached hydrogens (primary N) is 1. The normalized spacial score (nSPS) is 15.2. The predicted molar refractivity (Wildman–Crippen MR) is 46.1 cm³/mol. The summed E-state index contributed by atoms with van der Waals surface area (Å²) in [5.41, 5.74) is 5.36. The molecule has 64 valence electrons. The zero-order chi connectivity index (χ0) is 9.07. The summed E-state index contributed by atoms with van der Waals surface area (Å²) < 4.78 is 21.4. The van der Waals surface area contributed by atoms with Crippen LogP contribution in [-0.4, -0.2) is 21.7 Å². The van der Waals surface area contributed by atoms with Crippen molar-refractivity contribution >= 4 is 25.9 Å². The number of hydrogen-bond donors (Lipinski definition) is 1. The van der Waals surface area contributed by atoms with Crippen LogP contribution in [0.1, 0.15) is 6.92 Å². The molecular weight excluding hydrogens is 188 g/mol. The quantitative estimate of drug-likeness (QED) is 0.515. The summed E-state index contributed by atoms with van der Waals surface area (Å²) in [6, 6.07) is 0. The third-order valence-electron chi connectivity index (χ3n) is 0.898. The smallest absolute Gasteiger partial charge is 0.264 e. The van der Waals surface area contributed by atoms with Crippen LogP contribution in [0.4, 0.5) is 0 Å². The van der Waals surface area contributed by atoms with E-state index >= 15 is 0 Å². The molecule has 2 N–H and O–H groups in total. The fourth-order valence-electron chi connectivity index (χ4n) is 0.474. The third kappa shape index (κ3) is 3.38. The Labute approximate surface area is 70.2 Å². The van der Waals surface area contributed by atoms with E-state index in [0.29, 0.717) is 0 Å². The van der Waals surface area contributed by atoms with Crippen LogP contribution >= 0.6 is 10.7 Å². The highest BCUT2D eigenvalue weighted by Crippen LogP contribution is 2.11. The van der Waals surface area contributed by atoms with Crippen LogP contribution in [0.15, 0.2) is 15.6 Å². The molecule has 0 aromatic heterocycles. The fraction of sp³-hybridized carbons (Fsp3) is 0.400. The molecule has 0 saturated carbocycles. The van der Waals surface area contributed by atoms with Gasteiger partial charge in [-0.1, -0.05) is 0 Å². The van der Waals surface area contributed by atoms with Gasteiger partial charge in [0, 0.05) is 29.6 Å². The summed E-state index contributed by atoms with van der Waals surface area (Å²) in [5.74, 6) is 0. The van der Waals surface area contributed by atoms with Crippen molar-refractivity contribution in [1.29, 1.82) is 0 Å². The Bertz CT molecular complexity index is 288. The topological polar surface area (TPSA) is 72.5 Å². The average molecular weight is 197 g/mol. The van der Waals surface area contributed by atoms with E-state index in [4.69, 9.17) is 16.4 Å². The first-order valence-electron chi connectivity index (χ1n) is 2.72. The molecule has 0 spiro atoms. The average Bonchev–Trinajstić information content (AvgIpc) is 1.79. The Morgan fingerprint density at radius 2 is 2.09 bits per heavy atom. The molecule has 0 unspecified atom stereocenters. The monoisotopic (exact) mass is 196 g/mol. The second kappa shape index (κ2) is 3.73. The van der Waals surface area contributed by atoms with E-state index in [2.05, 4.69) is 4.99 Å². The highest BCUT2D eigenvalue weighted by molar-refractivity contribution is 8.17. The van der Waals surface area contributed by atoms with Gasteiger partial charge in [-0.15, -0.1) is 0 Å². The molecular formula is C5H9ClN2O2S. The van der Waals surface area contributed by atoms with E-state index in [1.807, 2.05) is 0 Å². The highest BCUT2D eigenvalue weighted by Gasteiger charge is 2.13. The number of halogens is 1. The predicted octanol–water partition coefficient (Wildman–Crippen LogP) is 0.446. The number of allylic oxidation sites excluding steroid dienone is 2. The van der Waals surface area contributed by atoms with E-state index in [1.165, 1.54) is 14.0 Å². The van der Waals surface area contributed by atoms with Gasteiger partial charge in [-0.2, -0.15) is 0 Å². The lowest BCUT2D eigenvalue weighted by Crippen LogP contribution is -2.05. The van der Waals surface area contributed by atoms with Crippen molar-refractivity contribution < 1.29 is 8.42 Å². The van der Waals surface area contributed by atoms with Crippen LogP contribution in [0.5, 0.6) is 0 Å². The van der Waals surface area contributed by atoms with Crippen molar-refractivity contribution in [3.8, 4) is 0 Å². The second-order valence-electron chi connectivity index (χ2n) is 1.87. The Balaban J connectivity index is 5.14. The third-order valence-corrected chi connectivity index (χ3v) is 2.35. The molecule has 0 aromatic carbocycles. The van der Waals surface area contributed by atoms with Gasteiger partial charge in [0.2, 0.25) is 0 Å². The van der Waals surface area contributed by atoms with Gasteiger partial charge in [-0.05, 0) is 6.92 Å². The summed E-state index contributed by atoms with van der Waals surface area (Å²) in [6.45, 7) is 1.44. The molecule has 0 fully saturated rings. The van der Waals surface area contributed by atoms with E-state index < -0.39 is 9.05 Å². The minimum Gasteiger partial charge on any atom is -0.401 e. The highest BCUT2D eigenvalue weighted by atomic mass is 35.7. The minimum atomic E-state index is -3.75. The molecule has 0 aliphatic heterocycles.